The number of hydrogen-bond donors (Lipinski definition) is 1. The molecular formula is C9H13NO5. The number of carbonyl (C=O) groups excluding carboxylic acids is 3. The largest absolute Gasteiger partial charge is 0.396 e. The molecule has 0 unspecified atom stereocenters. The predicted molar refractivity (Wildman–Crippen MR) is 48.1 cm³/mol. The molecule has 6 heteroatoms. The lowest BCUT2D eigenvalue weighted by atomic mass is 10.2. The Labute approximate surface area is 86.8 Å². The van der Waals surface area contributed by atoms with Gasteiger partial charge in [-0.3, -0.25) is 9.59 Å². The lowest BCUT2D eigenvalue weighted by molar-refractivity contribution is -0.197. The van der Waals surface area contributed by atoms with Crippen LogP contribution < -0.4 is 0 Å². The summed E-state index contributed by atoms with van der Waals surface area (Å²) in [6.45, 7) is 0.00879. The van der Waals surface area contributed by atoms with Crippen molar-refractivity contribution in [2.24, 2.45) is 0 Å². The van der Waals surface area contributed by atoms with Crippen LogP contribution in [0, 0.1) is 0 Å². The minimum absolute atomic E-state index is 0.00879. The van der Waals surface area contributed by atoms with Crippen LogP contribution in [0.5, 0.6) is 0 Å². The van der Waals surface area contributed by atoms with Crippen LogP contribution in [-0.4, -0.2) is 34.6 Å². The van der Waals surface area contributed by atoms with Gasteiger partial charge in [-0.05, 0) is 12.8 Å². The summed E-state index contributed by atoms with van der Waals surface area (Å²) in [6.07, 6.45) is 1.27. The van der Waals surface area contributed by atoms with E-state index in [-0.39, 0.29) is 25.9 Å². The molecule has 0 bridgehead atoms. The smallest absolute Gasteiger partial charge is 0.333 e. The average Bonchev–Trinajstić information content (AvgIpc) is 2.50. The van der Waals surface area contributed by atoms with Crippen molar-refractivity contribution in [3.8, 4) is 0 Å². The molecule has 1 aliphatic heterocycles. The molecule has 15 heavy (non-hydrogen) atoms. The highest BCUT2D eigenvalue weighted by atomic mass is 16.7. The van der Waals surface area contributed by atoms with E-state index in [1.807, 2.05) is 0 Å². The van der Waals surface area contributed by atoms with E-state index in [0.717, 1.165) is 0 Å². The van der Waals surface area contributed by atoms with Crippen LogP contribution in [0.4, 0.5) is 0 Å². The van der Waals surface area contributed by atoms with Crippen molar-refractivity contribution in [3.05, 3.63) is 0 Å². The fourth-order valence-corrected chi connectivity index (χ4v) is 1.19. The number of rotatable bonds is 5. The third-order valence-corrected chi connectivity index (χ3v) is 1.99. The van der Waals surface area contributed by atoms with Gasteiger partial charge in [-0.15, -0.1) is 5.06 Å². The molecule has 6 nitrogen and oxygen atoms in total. The van der Waals surface area contributed by atoms with Gasteiger partial charge >= 0.3 is 5.97 Å². The molecular weight excluding hydrogens is 202 g/mol. The van der Waals surface area contributed by atoms with Gasteiger partial charge < -0.3 is 9.94 Å². The van der Waals surface area contributed by atoms with E-state index in [1.54, 1.807) is 0 Å². The Morgan fingerprint density at radius 3 is 2.40 bits per heavy atom. The number of nitrogens with zero attached hydrogens (tertiary/aromatic N) is 1. The van der Waals surface area contributed by atoms with Crippen LogP contribution in [0.3, 0.4) is 0 Å². The zero-order chi connectivity index (χ0) is 11.3. The second-order valence-corrected chi connectivity index (χ2v) is 3.23. The number of amides is 2. The summed E-state index contributed by atoms with van der Waals surface area (Å²) in [5.74, 6) is -1.57. The number of carbonyl (C=O) groups is 3. The highest BCUT2D eigenvalue weighted by molar-refractivity contribution is 6.01. The zero-order valence-corrected chi connectivity index (χ0v) is 8.27. The SMILES string of the molecule is O=C(CCCCO)ON1C(=O)CCC1=O. The molecule has 1 rings (SSSR count). The molecule has 0 aromatic heterocycles. The quantitative estimate of drug-likeness (QED) is 0.505. The van der Waals surface area contributed by atoms with Gasteiger partial charge in [0.15, 0.2) is 0 Å². The summed E-state index contributed by atoms with van der Waals surface area (Å²) in [6, 6.07) is 0. The van der Waals surface area contributed by atoms with Crippen molar-refractivity contribution in [3.63, 3.8) is 0 Å². The van der Waals surface area contributed by atoms with Crippen molar-refractivity contribution in [2.45, 2.75) is 32.1 Å². The molecule has 84 valence electrons. The molecule has 1 saturated heterocycles. The van der Waals surface area contributed by atoms with Gasteiger partial charge in [-0.2, -0.15) is 0 Å². The second kappa shape index (κ2) is 5.45. The molecule has 0 atom stereocenters. The first-order valence-electron chi connectivity index (χ1n) is 4.82. The normalized spacial score (nSPS) is 15.9. The Kier molecular flexibility index (Phi) is 4.23. The maximum absolute atomic E-state index is 11.1. The van der Waals surface area contributed by atoms with Crippen molar-refractivity contribution in [2.75, 3.05) is 6.61 Å². The van der Waals surface area contributed by atoms with Crippen molar-refractivity contribution < 1.29 is 24.3 Å². The molecule has 2 amide bonds. The Morgan fingerprint density at radius 1 is 1.27 bits per heavy atom. The van der Waals surface area contributed by atoms with Crippen LogP contribution >= 0.6 is 0 Å². The minimum Gasteiger partial charge on any atom is -0.396 e. The van der Waals surface area contributed by atoms with Crippen LogP contribution in [0.1, 0.15) is 32.1 Å². The Morgan fingerprint density at radius 2 is 1.87 bits per heavy atom. The van der Waals surface area contributed by atoms with Gasteiger partial charge in [0.05, 0.1) is 0 Å². The molecule has 0 radical (unpaired) electrons. The maximum atomic E-state index is 11.1. The van der Waals surface area contributed by atoms with Gasteiger partial charge in [0.25, 0.3) is 11.8 Å². The lowest BCUT2D eigenvalue weighted by Crippen LogP contribution is -2.31. The van der Waals surface area contributed by atoms with E-state index in [0.29, 0.717) is 17.9 Å². The summed E-state index contributed by atoms with van der Waals surface area (Å²) < 4.78 is 0. The number of hydroxylamine groups is 2. The number of aliphatic hydroxyl groups excluding tert-OH is 1. The van der Waals surface area contributed by atoms with E-state index in [1.165, 1.54) is 0 Å². The standard InChI is InChI=1S/C9H13NO5/c11-6-2-1-3-9(14)15-10-7(12)4-5-8(10)13/h11H,1-6H2. The Hall–Kier alpha value is -1.43. The summed E-state index contributed by atoms with van der Waals surface area (Å²) in [5.41, 5.74) is 0. The first-order valence-corrected chi connectivity index (χ1v) is 4.82. The predicted octanol–water partition coefficient (Wildman–Crippen LogP) is -0.244. The molecule has 0 aromatic rings. The monoisotopic (exact) mass is 215 g/mol. The number of imide groups is 1. The van der Waals surface area contributed by atoms with Crippen molar-refractivity contribution in [1.82, 2.24) is 5.06 Å². The molecule has 1 N–H and O–H groups in total. The second-order valence-electron chi connectivity index (χ2n) is 3.23. The van der Waals surface area contributed by atoms with Crippen molar-refractivity contribution >= 4 is 17.8 Å². The summed E-state index contributed by atoms with van der Waals surface area (Å²) in [7, 11) is 0. The third kappa shape index (κ3) is 3.32. The molecule has 1 aliphatic rings. The Balaban J connectivity index is 2.31. The summed E-state index contributed by atoms with van der Waals surface area (Å²) >= 11 is 0. The molecule has 1 heterocycles. The topological polar surface area (TPSA) is 83.9 Å². The number of hydrogen-bond acceptors (Lipinski definition) is 5. The lowest BCUT2D eigenvalue weighted by Gasteiger charge is -2.12. The zero-order valence-electron chi connectivity index (χ0n) is 8.27. The molecule has 0 spiro atoms. The number of aliphatic hydroxyl groups is 1. The van der Waals surface area contributed by atoms with Crippen LogP contribution in [0.25, 0.3) is 0 Å². The number of unbranched alkanes of at least 4 members (excludes halogenated alkanes) is 1. The maximum Gasteiger partial charge on any atom is 0.333 e. The summed E-state index contributed by atoms with van der Waals surface area (Å²) in [5, 5.41) is 9.01. The van der Waals surface area contributed by atoms with E-state index in [9.17, 15) is 14.4 Å². The van der Waals surface area contributed by atoms with Gasteiger partial charge in [-0.1, -0.05) is 0 Å². The molecule has 0 saturated carbocycles. The van der Waals surface area contributed by atoms with E-state index < -0.39 is 17.8 Å². The van der Waals surface area contributed by atoms with Gasteiger partial charge in [-0.25, -0.2) is 4.79 Å². The van der Waals surface area contributed by atoms with Crippen molar-refractivity contribution in [1.29, 1.82) is 0 Å². The summed E-state index contributed by atoms with van der Waals surface area (Å²) in [4.78, 5) is 37.8. The Bertz CT molecular complexity index is 260. The fraction of sp³-hybridized carbons (Fsp3) is 0.667. The van der Waals surface area contributed by atoms with E-state index >= 15 is 0 Å². The van der Waals surface area contributed by atoms with Gasteiger partial charge in [0, 0.05) is 25.9 Å². The van der Waals surface area contributed by atoms with Crippen LogP contribution in [0.15, 0.2) is 0 Å². The van der Waals surface area contributed by atoms with E-state index in [2.05, 4.69) is 4.84 Å². The van der Waals surface area contributed by atoms with E-state index in [4.69, 9.17) is 5.11 Å². The van der Waals surface area contributed by atoms with Gasteiger partial charge in [0.2, 0.25) is 0 Å². The minimum atomic E-state index is -0.618. The third-order valence-electron chi connectivity index (χ3n) is 1.99. The fourth-order valence-electron chi connectivity index (χ4n) is 1.19. The first kappa shape index (κ1) is 11.6. The average molecular weight is 215 g/mol. The van der Waals surface area contributed by atoms with Gasteiger partial charge in [0.1, 0.15) is 0 Å². The van der Waals surface area contributed by atoms with Crippen LogP contribution in [-0.2, 0) is 19.2 Å². The molecule has 1 fully saturated rings. The highest BCUT2D eigenvalue weighted by Crippen LogP contribution is 2.13. The first-order chi connectivity index (χ1) is 7.15. The molecule has 0 aliphatic carbocycles. The highest BCUT2D eigenvalue weighted by Gasteiger charge is 2.32. The van der Waals surface area contributed by atoms with Crippen LogP contribution in [0.2, 0.25) is 0 Å². The molecule has 0 aromatic carbocycles.